The van der Waals surface area contributed by atoms with E-state index in [4.69, 9.17) is 5.11 Å². The van der Waals surface area contributed by atoms with Gasteiger partial charge in [-0.05, 0) is 43.4 Å². The van der Waals surface area contributed by atoms with Gasteiger partial charge in [0.1, 0.15) is 0 Å². The fraction of sp³-hybridized carbons (Fsp3) is 0.786. The van der Waals surface area contributed by atoms with Crippen LogP contribution < -0.4 is 0 Å². The van der Waals surface area contributed by atoms with Crippen LogP contribution in [0.5, 0.6) is 0 Å². The summed E-state index contributed by atoms with van der Waals surface area (Å²) in [4.78, 5) is 10.9. The Morgan fingerprint density at radius 2 is 2.00 bits per heavy atom. The normalized spacial score (nSPS) is 31.8. The number of aliphatic carboxylic acids is 1. The fourth-order valence-electron chi connectivity index (χ4n) is 2.86. The lowest BCUT2D eigenvalue weighted by Gasteiger charge is -2.36. The molecule has 92 valence electrons. The molecule has 1 fully saturated rings. The third-order valence-corrected chi connectivity index (χ3v) is 3.87. The van der Waals surface area contributed by atoms with Crippen molar-refractivity contribution in [2.24, 2.45) is 23.7 Å². The van der Waals surface area contributed by atoms with Crippen molar-refractivity contribution in [2.45, 2.75) is 47.0 Å². The van der Waals surface area contributed by atoms with Gasteiger partial charge in [-0.3, -0.25) is 0 Å². The quantitative estimate of drug-likeness (QED) is 0.742. The zero-order valence-electron chi connectivity index (χ0n) is 10.9. The summed E-state index contributed by atoms with van der Waals surface area (Å²) >= 11 is 0. The highest BCUT2D eigenvalue weighted by Gasteiger charge is 2.29. The molecule has 3 unspecified atom stereocenters. The highest BCUT2D eigenvalue weighted by Crippen LogP contribution is 2.39. The maximum Gasteiger partial charge on any atom is 0.330 e. The van der Waals surface area contributed by atoms with Crippen molar-refractivity contribution in [1.82, 2.24) is 0 Å². The van der Waals surface area contributed by atoms with Crippen LogP contribution in [0.25, 0.3) is 0 Å². The molecule has 1 rings (SSSR count). The first-order valence-electron chi connectivity index (χ1n) is 6.33. The Balaban J connectivity index is 2.79. The molecule has 0 bridgehead atoms. The van der Waals surface area contributed by atoms with Gasteiger partial charge in [0.15, 0.2) is 0 Å². The average molecular weight is 224 g/mol. The number of carboxylic acid groups (broad SMARTS) is 1. The second-order valence-corrected chi connectivity index (χ2v) is 5.64. The van der Waals surface area contributed by atoms with Crippen LogP contribution in [0.4, 0.5) is 0 Å². The second-order valence-electron chi connectivity index (χ2n) is 5.64. The first-order chi connectivity index (χ1) is 7.41. The van der Waals surface area contributed by atoms with Crippen LogP contribution in [0.1, 0.15) is 47.0 Å². The van der Waals surface area contributed by atoms with E-state index >= 15 is 0 Å². The molecule has 0 aromatic rings. The maximum absolute atomic E-state index is 10.9. The second kappa shape index (κ2) is 5.51. The molecule has 2 heteroatoms. The van der Waals surface area contributed by atoms with Gasteiger partial charge in [0.2, 0.25) is 0 Å². The molecule has 3 atom stereocenters. The fourth-order valence-corrected chi connectivity index (χ4v) is 2.86. The Kier molecular flexibility index (Phi) is 4.57. The van der Waals surface area contributed by atoms with E-state index < -0.39 is 5.97 Å². The van der Waals surface area contributed by atoms with E-state index in [1.807, 2.05) is 6.08 Å². The van der Waals surface area contributed by atoms with Gasteiger partial charge >= 0.3 is 5.97 Å². The average Bonchev–Trinajstić information content (AvgIpc) is 2.16. The van der Waals surface area contributed by atoms with Gasteiger partial charge < -0.3 is 5.11 Å². The monoisotopic (exact) mass is 224 g/mol. The summed E-state index contributed by atoms with van der Waals surface area (Å²) in [6.45, 7) is 8.47. The zero-order valence-corrected chi connectivity index (χ0v) is 10.9. The van der Waals surface area contributed by atoms with Crippen molar-refractivity contribution >= 4 is 5.97 Å². The number of rotatable bonds is 3. The van der Waals surface area contributed by atoms with E-state index in [1.165, 1.54) is 12.8 Å². The van der Waals surface area contributed by atoms with Crippen LogP contribution in [0.3, 0.4) is 0 Å². The molecule has 1 N–H and O–H groups in total. The smallest absolute Gasteiger partial charge is 0.330 e. The van der Waals surface area contributed by atoms with E-state index in [2.05, 4.69) is 20.8 Å². The van der Waals surface area contributed by atoms with Crippen molar-refractivity contribution in [3.05, 3.63) is 11.6 Å². The van der Waals surface area contributed by atoms with Crippen molar-refractivity contribution in [2.75, 3.05) is 0 Å². The minimum Gasteiger partial charge on any atom is -0.478 e. The number of hydrogen-bond acceptors (Lipinski definition) is 1. The molecule has 16 heavy (non-hydrogen) atoms. The van der Waals surface area contributed by atoms with Crippen LogP contribution in [0, 0.1) is 23.7 Å². The SMILES string of the molecule is CC(=CC1CC(C)CCC1C(C)C)C(=O)O. The highest BCUT2D eigenvalue weighted by atomic mass is 16.4. The Morgan fingerprint density at radius 3 is 2.50 bits per heavy atom. The standard InChI is InChI=1S/C14H24O2/c1-9(2)13-6-5-10(3)7-12(13)8-11(4)14(15)16/h8-10,12-13H,5-7H2,1-4H3,(H,15,16). The first-order valence-corrected chi connectivity index (χ1v) is 6.33. The zero-order chi connectivity index (χ0) is 12.3. The number of carbonyl (C=O) groups is 1. The van der Waals surface area contributed by atoms with Crippen molar-refractivity contribution in [3.63, 3.8) is 0 Å². The van der Waals surface area contributed by atoms with E-state index in [1.54, 1.807) is 6.92 Å². The summed E-state index contributed by atoms with van der Waals surface area (Å²) < 4.78 is 0. The third kappa shape index (κ3) is 3.36. The molecule has 1 saturated carbocycles. The Morgan fingerprint density at radius 1 is 1.38 bits per heavy atom. The minimum absolute atomic E-state index is 0.458. The summed E-state index contributed by atoms with van der Waals surface area (Å²) in [5.41, 5.74) is 0.504. The van der Waals surface area contributed by atoms with Crippen LogP contribution >= 0.6 is 0 Å². The maximum atomic E-state index is 10.9. The van der Waals surface area contributed by atoms with Gasteiger partial charge in [-0.15, -0.1) is 0 Å². The number of hydrogen-bond donors (Lipinski definition) is 1. The van der Waals surface area contributed by atoms with E-state index in [9.17, 15) is 4.79 Å². The minimum atomic E-state index is -0.777. The summed E-state index contributed by atoms with van der Waals surface area (Å²) in [6, 6.07) is 0. The molecule has 0 aromatic carbocycles. The molecule has 0 aliphatic heterocycles. The van der Waals surface area contributed by atoms with Crippen molar-refractivity contribution in [3.8, 4) is 0 Å². The molecule has 0 radical (unpaired) electrons. The topological polar surface area (TPSA) is 37.3 Å². The van der Waals surface area contributed by atoms with Crippen molar-refractivity contribution in [1.29, 1.82) is 0 Å². The lowest BCUT2D eigenvalue weighted by molar-refractivity contribution is -0.132. The first kappa shape index (κ1) is 13.3. The Labute approximate surface area is 98.7 Å². The van der Waals surface area contributed by atoms with Crippen LogP contribution in [-0.4, -0.2) is 11.1 Å². The largest absolute Gasteiger partial charge is 0.478 e. The molecule has 0 saturated heterocycles. The molecule has 1 aliphatic carbocycles. The van der Waals surface area contributed by atoms with Gasteiger partial charge in [-0.1, -0.05) is 33.3 Å². The van der Waals surface area contributed by atoms with Crippen LogP contribution in [0.2, 0.25) is 0 Å². The predicted molar refractivity (Wildman–Crippen MR) is 66.2 cm³/mol. The summed E-state index contributed by atoms with van der Waals surface area (Å²) in [5.74, 6) is 1.72. The molecule has 0 aromatic heterocycles. The van der Waals surface area contributed by atoms with Crippen LogP contribution in [-0.2, 0) is 4.79 Å². The number of allylic oxidation sites excluding steroid dienone is 1. The number of carboxylic acids is 1. The molecule has 0 amide bonds. The third-order valence-electron chi connectivity index (χ3n) is 3.87. The van der Waals surface area contributed by atoms with Gasteiger partial charge in [-0.25, -0.2) is 4.79 Å². The van der Waals surface area contributed by atoms with Gasteiger partial charge in [-0.2, -0.15) is 0 Å². The summed E-state index contributed by atoms with van der Waals surface area (Å²) in [5, 5.41) is 8.94. The van der Waals surface area contributed by atoms with Gasteiger partial charge in [0.05, 0.1) is 0 Å². The predicted octanol–water partition coefficient (Wildman–Crippen LogP) is 3.73. The molecule has 2 nitrogen and oxygen atoms in total. The van der Waals surface area contributed by atoms with Gasteiger partial charge in [0.25, 0.3) is 0 Å². The van der Waals surface area contributed by atoms with Crippen LogP contribution in [0.15, 0.2) is 11.6 Å². The Bertz CT molecular complexity index is 278. The molecule has 1 aliphatic rings. The summed E-state index contributed by atoms with van der Waals surface area (Å²) in [7, 11) is 0. The molecule has 0 spiro atoms. The summed E-state index contributed by atoms with van der Waals surface area (Å²) in [6.07, 6.45) is 5.67. The van der Waals surface area contributed by atoms with Gasteiger partial charge in [0, 0.05) is 5.57 Å². The van der Waals surface area contributed by atoms with Crippen molar-refractivity contribution < 1.29 is 9.90 Å². The molecule has 0 heterocycles. The lowest BCUT2D eigenvalue weighted by atomic mass is 9.69. The molecular formula is C14H24O2. The lowest BCUT2D eigenvalue weighted by Crippen LogP contribution is -2.26. The highest BCUT2D eigenvalue weighted by molar-refractivity contribution is 5.85. The van der Waals surface area contributed by atoms with E-state index in [0.717, 1.165) is 12.3 Å². The molecular weight excluding hydrogens is 200 g/mol. The van der Waals surface area contributed by atoms with E-state index in [-0.39, 0.29) is 0 Å². The Hall–Kier alpha value is -0.790. The van der Waals surface area contributed by atoms with E-state index in [0.29, 0.717) is 23.3 Å².